The largest absolute Gasteiger partial charge is 0.493 e. The summed E-state index contributed by atoms with van der Waals surface area (Å²) < 4.78 is 10.5. The quantitative estimate of drug-likeness (QED) is 0.327. The summed E-state index contributed by atoms with van der Waals surface area (Å²) in [5.41, 5.74) is 2.18. The molecule has 0 N–H and O–H groups in total. The Morgan fingerprint density at radius 3 is 2.32 bits per heavy atom. The van der Waals surface area contributed by atoms with Gasteiger partial charge in [-0.2, -0.15) is 0 Å². The molecule has 0 amide bonds. The molecule has 8 heteroatoms. The van der Waals surface area contributed by atoms with E-state index in [9.17, 15) is 14.9 Å². The second-order valence-electron chi connectivity index (χ2n) is 6.62. The number of nitrogens with zero attached hydrogens (tertiary/aromatic N) is 3. The molecular formula is C20H23N3O5. The Morgan fingerprint density at radius 2 is 1.75 bits per heavy atom. The van der Waals surface area contributed by atoms with Crippen molar-refractivity contribution in [3.8, 4) is 11.5 Å². The lowest BCUT2D eigenvalue weighted by atomic mass is 10.1. The lowest BCUT2D eigenvalue weighted by Crippen LogP contribution is -2.45. The predicted octanol–water partition coefficient (Wildman–Crippen LogP) is 2.85. The Hall–Kier alpha value is -3.13. The van der Waals surface area contributed by atoms with E-state index in [0.717, 1.165) is 44.0 Å². The van der Waals surface area contributed by atoms with Gasteiger partial charge in [0.05, 0.1) is 12.0 Å². The molecule has 0 saturated carbocycles. The molecule has 28 heavy (non-hydrogen) atoms. The van der Waals surface area contributed by atoms with Crippen LogP contribution < -0.4 is 14.4 Å². The third kappa shape index (κ3) is 4.77. The molecule has 1 heterocycles. The van der Waals surface area contributed by atoms with E-state index >= 15 is 0 Å². The first-order valence-corrected chi connectivity index (χ1v) is 9.03. The molecular weight excluding hydrogens is 362 g/mol. The normalized spacial score (nSPS) is 14.6. The third-order valence-electron chi connectivity index (χ3n) is 4.69. The highest BCUT2D eigenvalue weighted by Crippen LogP contribution is 2.29. The zero-order valence-electron chi connectivity index (χ0n) is 16.0. The molecule has 0 spiro atoms. The number of rotatable bonds is 6. The number of hydrogen-bond donors (Lipinski definition) is 0. The van der Waals surface area contributed by atoms with Crippen LogP contribution in [0, 0.1) is 10.1 Å². The molecule has 0 atom stereocenters. The maximum atomic E-state index is 11.2. The highest BCUT2D eigenvalue weighted by Gasteiger charge is 2.19. The molecule has 2 aromatic carbocycles. The summed E-state index contributed by atoms with van der Waals surface area (Å²) in [6.07, 6.45) is 0. The smallest absolute Gasteiger partial charge is 0.308 e. The Morgan fingerprint density at radius 1 is 1.07 bits per heavy atom. The lowest BCUT2D eigenvalue weighted by Gasteiger charge is -2.36. The maximum absolute atomic E-state index is 11.2. The molecule has 0 aliphatic carbocycles. The average Bonchev–Trinajstić information content (AvgIpc) is 2.69. The van der Waals surface area contributed by atoms with Crippen LogP contribution in [-0.2, 0) is 11.3 Å². The van der Waals surface area contributed by atoms with E-state index in [0.29, 0.717) is 11.5 Å². The van der Waals surface area contributed by atoms with Crippen LogP contribution in [0.1, 0.15) is 12.5 Å². The number of carbonyl (C=O) groups excluding carboxylic acids is 1. The summed E-state index contributed by atoms with van der Waals surface area (Å²) in [6, 6.07) is 12.3. The zero-order valence-corrected chi connectivity index (χ0v) is 16.0. The van der Waals surface area contributed by atoms with E-state index in [-0.39, 0.29) is 16.6 Å². The van der Waals surface area contributed by atoms with Crippen molar-refractivity contribution < 1.29 is 19.2 Å². The van der Waals surface area contributed by atoms with Gasteiger partial charge in [0.25, 0.3) is 5.69 Å². The first-order chi connectivity index (χ1) is 13.5. The van der Waals surface area contributed by atoms with E-state index in [1.54, 1.807) is 37.4 Å². The number of ether oxygens (including phenoxy) is 2. The minimum absolute atomic E-state index is 0.105. The SMILES string of the molecule is COc1cc(CN2CCN(c3ccc([N+](=O)[O-])cc3)CC2)ccc1OC(C)=O. The molecule has 1 fully saturated rings. The van der Waals surface area contributed by atoms with Gasteiger partial charge in [-0.1, -0.05) is 6.07 Å². The second-order valence-corrected chi connectivity index (χ2v) is 6.62. The molecule has 148 valence electrons. The fourth-order valence-electron chi connectivity index (χ4n) is 3.26. The van der Waals surface area contributed by atoms with Gasteiger partial charge in [0.2, 0.25) is 0 Å². The molecule has 0 aromatic heterocycles. The number of nitro benzene ring substituents is 1. The fraction of sp³-hybridized carbons (Fsp3) is 0.350. The van der Waals surface area contributed by atoms with Gasteiger partial charge >= 0.3 is 5.97 Å². The summed E-state index contributed by atoms with van der Waals surface area (Å²) in [6.45, 7) is 5.58. The minimum Gasteiger partial charge on any atom is -0.493 e. The first kappa shape index (κ1) is 19.6. The van der Waals surface area contributed by atoms with Crippen molar-refractivity contribution in [3.05, 3.63) is 58.1 Å². The molecule has 2 aromatic rings. The van der Waals surface area contributed by atoms with Crippen molar-refractivity contribution in [3.63, 3.8) is 0 Å². The van der Waals surface area contributed by atoms with Gasteiger partial charge in [0, 0.05) is 57.5 Å². The van der Waals surface area contributed by atoms with Crippen molar-refractivity contribution in [2.45, 2.75) is 13.5 Å². The maximum Gasteiger partial charge on any atom is 0.308 e. The van der Waals surface area contributed by atoms with Gasteiger partial charge in [-0.3, -0.25) is 19.8 Å². The molecule has 1 aliphatic rings. The number of esters is 1. The average molecular weight is 385 g/mol. The van der Waals surface area contributed by atoms with Gasteiger partial charge in [-0.25, -0.2) is 0 Å². The summed E-state index contributed by atoms with van der Waals surface area (Å²) >= 11 is 0. The van der Waals surface area contributed by atoms with Crippen LogP contribution in [0.3, 0.4) is 0 Å². The predicted molar refractivity (Wildman–Crippen MR) is 105 cm³/mol. The van der Waals surface area contributed by atoms with Gasteiger partial charge in [-0.05, 0) is 29.8 Å². The Kier molecular flexibility index (Phi) is 6.10. The number of piperazine rings is 1. The fourth-order valence-corrected chi connectivity index (χ4v) is 3.26. The van der Waals surface area contributed by atoms with Crippen molar-refractivity contribution in [2.24, 2.45) is 0 Å². The molecule has 1 aliphatic heterocycles. The third-order valence-corrected chi connectivity index (χ3v) is 4.69. The number of anilines is 1. The highest BCUT2D eigenvalue weighted by atomic mass is 16.6. The number of nitro groups is 1. The first-order valence-electron chi connectivity index (χ1n) is 9.03. The summed E-state index contributed by atoms with van der Waals surface area (Å²) in [4.78, 5) is 26.1. The van der Waals surface area contributed by atoms with Crippen molar-refractivity contribution >= 4 is 17.3 Å². The molecule has 8 nitrogen and oxygen atoms in total. The number of hydrogen-bond acceptors (Lipinski definition) is 7. The summed E-state index contributed by atoms with van der Waals surface area (Å²) in [7, 11) is 1.55. The minimum atomic E-state index is -0.386. The van der Waals surface area contributed by atoms with Gasteiger partial charge < -0.3 is 14.4 Å². The lowest BCUT2D eigenvalue weighted by molar-refractivity contribution is -0.384. The topological polar surface area (TPSA) is 85.2 Å². The van der Waals surface area contributed by atoms with Crippen LogP contribution in [0.4, 0.5) is 11.4 Å². The van der Waals surface area contributed by atoms with E-state index in [1.165, 1.54) is 6.92 Å². The number of methoxy groups -OCH3 is 1. The Labute approximate surface area is 163 Å². The second kappa shape index (κ2) is 8.71. The van der Waals surface area contributed by atoms with E-state index in [2.05, 4.69) is 9.80 Å². The summed E-state index contributed by atoms with van der Waals surface area (Å²) in [5.74, 6) is 0.576. The Balaban J connectivity index is 1.58. The van der Waals surface area contributed by atoms with Gasteiger partial charge in [0.15, 0.2) is 11.5 Å². The zero-order chi connectivity index (χ0) is 20.1. The van der Waals surface area contributed by atoms with Crippen molar-refractivity contribution in [1.29, 1.82) is 0 Å². The molecule has 0 radical (unpaired) electrons. The van der Waals surface area contributed by atoms with Crippen LogP contribution in [-0.4, -0.2) is 49.1 Å². The number of non-ortho nitro benzene ring substituents is 1. The van der Waals surface area contributed by atoms with Crippen LogP contribution >= 0.6 is 0 Å². The van der Waals surface area contributed by atoms with E-state index in [4.69, 9.17) is 9.47 Å². The highest BCUT2D eigenvalue weighted by molar-refractivity contribution is 5.70. The van der Waals surface area contributed by atoms with E-state index in [1.807, 2.05) is 12.1 Å². The standard InChI is InChI=1S/C20H23N3O5/c1-15(24)28-19-8-3-16(13-20(19)27-2)14-21-9-11-22(12-10-21)17-4-6-18(7-5-17)23(25)26/h3-8,13H,9-12,14H2,1-2H3. The monoisotopic (exact) mass is 385 g/mol. The molecule has 3 rings (SSSR count). The van der Waals surface area contributed by atoms with Gasteiger partial charge in [0.1, 0.15) is 0 Å². The van der Waals surface area contributed by atoms with Crippen molar-refractivity contribution in [2.75, 3.05) is 38.2 Å². The number of carbonyl (C=O) groups is 1. The van der Waals surface area contributed by atoms with E-state index < -0.39 is 0 Å². The van der Waals surface area contributed by atoms with Crippen LogP contribution in [0.2, 0.25) is 0 Å². The van der Waals surface area contributed by atoms with Crippen LogP contribution in [0.15, 0.2) is 42.5 Å². The molecule has 0 unspecified atom stereocenters. The van der Waals surface area contributed by atoms with Crippen LogP contribution in [0.25, 0.3) is 0 Å². The van der Waals surface area contributed by atoms with Crippen molar-refractivity contribution in [1.82, 2.24) is 4.90 Å². The Bertz CT molecular complexity index is 845. The van der Waals surface area contributed by atoms with Gasteiger partial charge in [-0.15, -0.1) is 0 Å². The summed E-state index contributed by atoms with van der Waals surface area (Å²) in [5, 5.41) is 10.8. The van der Waals surface area contributed by atoms with Crippen LogP contribution in [0.5, 0.6) is 11.5 Å². The number of benzene rings is 2. The molecule has 0 bridgehead atoms. The molecule has 1 saturated heterocycles.